The standard InChI is InChI=1S/C14H17N3OS/c1-4-10-19-14-16-15-11(3)17(14)12-6-8-13(9-7-12)18-5-2/h4,6-9H,1,5,10H2,2-3H3. The van der Waals surface area contributed by atoms with Crippen molar-refractivity contribution in [3.8, 4) is 11.4 Å². The first kappa shape index (κ1) is 13.7. The van der Waals surface area contributed by atoms with Gasteiger partial charge in [-0.25, -0.2) is 0 Å². The number of aromatic nitrogens is 3. The van der Waals surface area contributed by atoms with Crippen molar-refractivity contribution in [2.45, 2.75) is 19.0 Å². The molecule has 0 unspecified atom stereocenters. The Morgan fingerprint density at radius 2 is 2.05 bits per heavy atom. The SMILES string of the molecule is C=CCSc1nnc(C)n1-c1ccc(OCC)cc1. The summed E-state index contributed by atoms with van der Waals surface area (Å²) in [6.07, 6.45) is 1.86. The molecule has 0 radical (unpaired) electrons. The smallest absolute Gasteiger partial charge is 0.196 e. The van der Waals surface area contributed by atoms with Gasteiger partial charge in [0.2, 0.25) is 0 Å². The highest BCUT2D eigenvalue weighted by atomic mass is 32.2. The molecule has 2 aromatic rings. The summed E-state index contributed by atoms with van der Waals surface area (Å²) >= 11 is 1.62. The van der Waals surface area contributed by atoms with E-state index in [1.807, 2.05) is 48.8 Å². The van der Waals surface area contributed by atoms with Crippen LogP contribution >= 0.6 is 11.8 Å². The third-order valence-electron chi connectivity index (χ3n) is 2.53. The lowest BCUT2D eigenvalue weighted by atomic mass is 10.3. The summed E-state index contributed by atoms with van der Waals surface area (Å²) in [5.41, 5.74) is 1.04. The Hall–Kier alpha value is -1.75. The minimum absolute atomic E-state index is 0.672. The second kappa shape index (κ2) is 6.43. The van der Waals surface area contributed by atoms with Crippen LogP contribution < -0.4 is 4.74 Å². The van der Waals surface area contributed by atoms with Crippen molar-refractivity contribution in [2.24, 2.45) is 0 Å². The molecule has 1 heterocycles. The first-order valence-corrected chi connectivity index (χ1v) is 7.13. The van der Waals surface area contributed by atoms with E-state index in [0.29, 0.717) is 6.61 Å². The Labute approximate surface area is 117 Å². The van der Waals surface area contributed by atoms with Crippen molar-refractivity contribution in [1.82, 2.24) is 14.8 Å². The van der Waals surface area contributed by atoms with Crippen LogP contribution in [0.1, 0.15) is 12.7 Å². The van der Waals surface area contributed by atoms with Gasteiger partial charge in [0, 0.05) is 11.4 Å². The van der Waals surface area contributed by atoms with Crippen LogP contribution in [0, 0.1) is 6.92 Å². The van der Waals surface area contributed by atoms with Crippen LogP contribution in [0.5, 0.6) is 5.75 Å². The summed E-state index contributed by atoms with van der Waals surface area (Å²) in [5, 5.41) is 9.19. The van der Waals surface area contributed by atoms with E-state index < -0.39 is 0 Å². The number of benzene rings is 1. The van der Waals surface area contributed by atoms with Crippen LogP contribution in [0.15, 0.2) is 42.1 Å². The average molecular weight is 275 g/mol. The predicted molar refractivity (Wildman–Crippen MR) is 78.2 cm³/mol. The highest BCUT2D eigenvalue weighted by molar-refractivity contribution is 7.99. The molecule has 1 aromatic heterocycles. The van der Waals surface area contributed by atoms with Gasteiger partial charge in [0.25, 0.3) is 0 Å². The molecule has 0 aliphatic heterocycles. The van der Waals surface area contributed by atoms with E-state index in [9.17, 15) is 0 Å². The molecule has 1 aromatic carbocycles. The summed E-state index contributed by atoms with van der Waals surface area (Å²) in [4.78, 5) is 0. The van der Waals surface area contributed by atoms with Crippen molar-refractivity contribution < 1.29 is 4.74 Å². The molecule has 5 heteroatoms. The molecule has 0 fully saturated rings. The van der Waals surface area contributed by atoms with E-state index in [-0.39, 0.29) is 0 Å². The zero-order valence-corrected chi connectivity index (χ0v) is 12.0. The van der Waals surface area contributed by atoms with E-state index in [1.54, 1.807) is 11.8 Å². The first-order valence-electron chi connectivity index (χ1n) is 6.15. The lowest BCUT2D eigenvalue weighted by Gasteiger charge is -2.09. The highest BCUT2D eigenvalue weighted by Crippen LogP contribution is 2.23. The summed E-state index contributed by atoms with van der Waals surface area (Å²) in [6.45, 7) is 8.31. The molecule has 0 aliphatic carbocycles. The average Bonchev–Trinajstić information content (AvgIpc) is 2.79. The van der Waals surface area contributed by atoms with Gasteiger partial charge in [0.1, 0.15) is 11.6 Å². The zero-order valence-electron chi connectivity index (χ0n) is 11.2. The topological polar surface area (TPSA) is 39.9 Å². The molecule has 0 saturated carbocycles. The fraction of sp³-hybridized carbons (Fsp3) is 0.286. The van der Waals surface area contributed by atoms with Gasteiger partial charge in [0.05, 0.1) is 6.61 Å². The number of hydrogen-bond acceptors (Lipinski definition) is 4. The largest absolute Gasteiger partial charge is 0.494 e. The molecule has 0 N–H and O–H groups in total. The van der Waals surface area contributed by atoms with E-state index in [1.165, 1.54) is 0 Å². The number of ether oxygens (including phenoxy) is 1. The summed E-state index contributed by atoms with van der Waals surface area (Å²) in [7, 11) is 0. The molecule has 0 bridgehead atoms. The highest BCUT2D eigenvalue weighted by Gasteiger charge is 2.10. The lowest BCUT2D eigenvalue weighted by molar-refractivity contribution is 0.340. The third-order valence-corrected chi connectivity index (χ3v) is 3.46. The van der Waals surface area contributed by atoms with Gasteiger partial charge in [-0.15, -0.1) is 16.8 Å². The molecule has 0 spiro atoms. The molecule has 0 atom stereocenters. The van der Waals surface area contributed by atoms with Crippen LogP contribution in [0.2, 0.25) is 0 Å². The maximum absolute atomic E-state index is 5.44. The Bertz CT molecular complexity index is 548. The fourth-order valence-corrected chi connectivity index (χ4v) is 2.46. The molecule has 2 rings (SSSR count). The molecule has 0 aliphatic rings. The Morgan fingerprint density at radius 3 is 2.68 bits per heavy atom. The molecule has 0 amide bonds. The minimum atomic E-state index is 0.672. The van der Waals surface area contributed by atoms with E-state index in [2.05, 4.69) is 16.8 Å². The van der Waals surface area contributed by atoms with Gasteiger partial charge in [0.15, 0.2) is 5.16 Å². The monoisotopic (exact) mass is 275 g/mol. The molecular weight excluding hydrogens is 258 g/mol. The van der Waals surface area contributed by atoms with Gasteiger partial charge < -0.3 is 4.74 Å². The van der Waals surface area contributed by atoms with Gasteiger partial charge in [-0.2, -0.15) is 0 Å². The van der Waals surface area contributed by atoms with Crippen molar-refractivity contribution in [2.75, 3.05) is 12.4 Å². The summed E-state index contributed by atoms with van der Waals surface area (Å²) in [6, 6.07) is 7.94. The maximum Gasteiger partial charge on any atom is 0.196 e. The van der Waals surface area contributed by atoms with Crippen LogP contribution in [-0.4, -0.2) is 27.1 Å². The summed E-state index contributed by atoms with van der Waals surface area (Å²) < 4.78 is 7.48. The van der Waals surface area contributed by atoms with Crippen molar-refractivity contribution in [3.63, 3.8) is 0 Å². The van der Waals surface area contributed by atoms with Crippen molar-refractivity contribution >= 4 is 11.8 Å². The Kier molecular flexibility index (Phi) is 4.63. The van der Waals surface area contributed by atoms with Crippen LogP contribution in [-0.2, 0) is 0 Å². The first-order chi connectivity index (χ1) is 9.26. The lowest BCUT2D eigenvalue weighted by Crippen LogP contribution is -1.99. The molecule has 0 saturated heterocycles. The molecule has 19 heavy (non-hydrogen) atoms. The molecule has 100 valence electrons. The van der Waals surface area contributed by atoms with E-state index in [0.717, 1.165) is 28.2 Å². The fourth-order valence-electron chi connectivity index (χ4n) is 1.73. The van der Waals surface area contributed by atoms with E-state index >= 15 is 0 Å². The second-order valence-corrected chi connectivity index (χ2v) is 4.88. The number of hydrogen-bond donors (Lipinski definition) is 0. The van der Waals surface area contributed by atoms with Crippen molar-refractivity contribution in [3.05, 3.63) is 42.7 Å². The normalized spacial score (nSPS) is 10.4. The second-order valence-electron chi connectivity index (χ2n) is 3.89. The number of nitrogens with zero attached hydrogens (tertiary/aromatic N) is 3. The van der Waals surface area contributed by atoms with Gasteiger partial charge in [-0.1, -0.05) is 17.8 Å². The van der Waals surface area contributed by atoms with Crippen molar-refractivity contribution in [1.29, 1.82) is 0 Å². The minimum Gasteiger partial charge on any atom is -0.494 e. The molecule has 4 nitrogen and oxygen atoms in total. The zero-order chi connectivity index (χ0) is 13.7. The van der Waals surface area contributed by atoms with Gasteiger partial charge in [-0.05, 0) is 38.1 Å². The number of thioether (sulfide) groups is 1. The van der Waals surface area contributed by atoms with Gasteiger partial charge >= 0.3 is 0 Å². The van der Waals surface area contributed by atoms with Crippen LogP contribution in [0.25, 0.3) is 5.69 Å². The maximum atomic E-state index is 5.44. The van der Waals surface area contributed by atoms with Crippen LogP contribution in [0.3, 0.4) is 0 Å². The quantitative estimate of drug-likeness (QED) is 0.599. The molecular formula is C14H17N3OS. The number of aryl methyl sites for hydroxylation is 1. The predicted octanol–water partition coefficient (Wildman–Crippen LogP) is 3.25. The van der Waals surface area contributed by atoms with E-state index in [4.69, 9.17) is 4.74 Å². The number of rotatable bonds is 6. The Balaban J connectivity index is 2.29. The third kappa shape index (κ3) is 3.17. The van der Waals surface area contributed by atoms with Crippen LogP contribution in [0.4, 0.5) is 0 Å². The Morgan fingerprint density at radius 1 is 1.32 bits per heavy atom. The summed E-state index contributed by atoms with van der Waals surface area (Å²) in [5.74, 6) is 2.56. The van der Waals surface area contributed by atoms with Gasteiger partial charge in [-0.3, -0.25) is 4.57 Å².